The number of aromatic nitrogens is 4. The molecule has 0 fully saturated rings. The molecule has 2 aromatic rings. The van der Waals surface area contributed by atoms with E-state index in [9.17, 15) is 0 Å². The predicted octanol–water partition coefficient (Wildman–Crippen LogP) is 1.52. The zero-order valence-electron chi connectivity index (χ0n) is 9.17. The van der Waals surface area contributed by atoms with Crippen LogP contribution in [0.5, 0.6) is 0 Å². The Morgan fingerprint density at radius 3 is 3.00 bits per heavy atom. The third-order valence-corrected chi connectivity index (χ3v) is 2.87. The van der Waals surface area contributed by atoms with Gasteiger partial charge in [0.1, 0.15) is 0 Å². The van der Waals surface area contributed by atoms with Crippen LogP contribution >= 0.6 is 15.9 Å². The van der Waals surface area contributed by atoms with Crippen molar-refractivity contribution in [1.29, 1.82) is 0 Å². The summed E-state index contributed by atoms with van der Waals surface area (Å²) in [4.78, 5) is 3.98. The second-order valence-electron chi connectivity index (χ2n) is 3.53. The summed E-state index contributed by atoms with van der Waals surface area (Å²) in [6.45, 7) is 1.64. The molecule has 2 aromatic heterocycles. The molecule has 2 heterocycles. The maximum absolute atomic E-state index is 5.82. The van der Waals surface area contributed by atoms with Gasteiger partial charge in [-0.3, -0.25) is 9.67 Å². The van der Waals surface area contributed by atoms with Crippen LogP contribution in [-0.2, 0) is 6.54 Å². The Morgan fingerprint density at radius 2 is 2.29 bits per heavy atom. The first-order chi connectivity index (χ1) is 8.27. The molecule has 0 saturated carbocycles. The van der Waals surface area contributed by atoms with E-state index in [-0.39, 0.29) is 0 Å². The van der Waals surface area contributed by atoms with Crippen LogP contribution in [0.25, 0.3) is 0 Å². The normalized spacial score (nSPS) is 10.4. The molecule has 0 amide bonds. The van der Waals surface area contributed by atoms with Gasteiger partial charge in [0, 0.05) is 25.5 Å². The molecule has 0 radical (unpaired) electrons. The van der Waals surface area contributed by atoms with E-state index in [1.165, 1.54) is 0 Å². The second kappa shape index (κ2) is 5.62. The van der Waals surface area contributed by atoms with Crippen LogP contribution in [0.2, 0.25) is 0 Å². The molecule has 0 aliphatic carbocycles. The van der Waals surface area contributed by atoms with Crippen molar-refractivity contribution in [2.24, 2.45) is 0 Å². The van der Waals surface area contributed by atoms with E-state index in [0.717, 1.165) is 29.7 Å². The first-order valence-corrected chi connectivity index (χ1v) is 6.03. The van der Waals surface area contributed by atoms with Crippen LogP contribution in [0, 0.1) is 0 Å². The topological polar surface area (TPSA) is 81.6 Å². The summed E-state index contributed by atoms with van der Waals surface area (Å²) in [6.07, 6.45) is 7.81. The highest BCUT2D eigenvalue weighted by molar-refractivity contribution is 9.10. The molecule has 0 atom stereocenters. The Kier molecular flexibility index (Phi) is 3.92. The van der Waals surface area contributed by atoms with Gasteiger partial charge in [0.25, 0.3) is 0 Å². The van der Waals surface area contributed by atoms with Crippen molar-refractivity contribution in [3.8, 4) is 0 Å². The quantitative estimate of drug-likeness (QED) is 0.818. The summed E-state index contributed by atoms with van der Waals surface area (Å²) in [6, 6.07) is 0. The van der Waals surface area contributed by atoms with Gasteiger partial charge in [-0.05, 0) is 22.4 Å². The first kappa shape index (κ1) is 11.8. The van der Waals surface area contributed by atoms with Crippen LogP contribution in [0.1, 0.15) is 6.42 Å². The van der Waals surface area contributed by atoms with Crippen molar-refractivity contribution in [3.63, 3.8) is 0 Å². The minimum atomic E-state index is 0.639. The van der Waals surface area contributed by atoms with E-state index < -0.39 is 0 Å². The van der Waals surface area contributed by atoms with Crippen LogP contribution in [-0.4, -0.2) is 26.5 Å². The third kappa shape index (κ3) is 3.16. The van der Waals surface area contributed by atoms with Gasteiger partial charge in [-0.1, -0.05) is 5.21 Å². The van der Waals surface area contributed by atoms with Crippen molar-refractivity contribution >= 4 is 27.3 Å². The SMILES string of the molecule is Nc1cncc(Br)c1NCCCn1ccnn1. The van der Waals surface area contributed by atoms with Gasteiger partial charge in [0.2, 0.25) is 0 Å². The molecular weight excluding hydrogens is 284 g/mol. The number of anilines is 2. The zero-order chi connectivity index (χ0) is 12.1. The molecule has 0 spiro atoms. The largest absolute Gasteiger partial charge is 0.396 e. The van der Waals surface area contributed by atoms with Crippen molar-refractivity contribution in [2.75, 3.05) is 17.6 Å². The number of rotatable bonds is 5. The van der Waals surface area contributed by atoms with Gasteiger partial charge in [-0.25, -0.2) is 0 Å². The van der Waals surface area contributed by atoms with Crippen LogP contribution in [0.15, 0.2) is 29.3 Å². The number of nitrogens with two attached hydrogens (primary N) is 1. The van der Waals surface area contributed by atoms with Crippen molar-refractivity contribution < 1.29 is 0 Å². The molecule has 0 unspecified atom stereocenters. The van der Waals surface area contributed by atoms with E-state index in [1.54, 1.807) is 23.3 Å². The summed E-state index contributed by atoms with van der Waals surface area (Å²) in [7, 11) is 0. The smallest absolute Gasteiger partial charge is 0.0750 e. The number of hydrogen-bond acceptors (Lipinski definition) is 5. The Bertz CT molecular complexity index is 449. The average Bonchev–Trinajstić information content (AvgIpc) is 2.80. The Balaban J connectivity index is 1.82. The van der Waals surface area contributed by atoms with E-state index in [4.69, 9.17) is 5.73 Å². The van der Waals surface area contributed by atoms with Crippen LogP contribution < -0.4 is 11.1 Å². The molecule has 2 rings (SSSR count). The molecular formula is C10H13BrN6. The summed E-state index contributed by atoms with van der Waals surface area (Å²) >= 11 is 3.41. The lowest BCUT2D eigenvalue weighted by Gasteiger charge is -2.10. The van der Waals surface area contributed by atoms with Gasteiger partial charge >= 0.3 is 0 Å². The Labute approximate surface area is 107 Å². The maximum Gasteiger partial charge on any atom is 0.0750 e. The summed E-state index contributed by atoms with van der Waals surface area (Å²) in [5.41, 5.74) is 7.34. The van der Waals surface area contributed by atoms with Crippen molar-refractivity contribution in [3.05, 3.63) is 29.3 Å². The first-order valence-electron chi connectivity index (χ1n) is 5.24. The highest BCUT2D eigenvalue weighted by Crippen LogP contribution is 2.26. The number of nitrogen functional groups attached to an aromatic ring is 1. The maximum atomic E-state index is 5.82. The summed E-state index contributed by atoms with van der Waals surface area (Å²) < 4.78 is 2.67. The third-order valence-electron chi connectivity index (χ3n) is 2.27. The molecule has 3 N–H and O–H groups in total. The predicted molar refractivity (Wildman–Crippen MR) is 69.5 cm³/mol. The zero-order valence-corrected chi connectivity index (χ0v) is 10.8. The molecule has 0 aliphatic rings. The number of nitrogens with zero attached hydrogens (tertiary/aromatic N) is 4. The average molecular weight is 297 g/mol. The molecule has 6 nitrogen and oxygen atoms in total. The summed E-state index contributed by atoms with van der Waals surface area (Å²) in [5.74, 6) is 0. The highest BCUT2D eigenvalue weighted by Gasteiger charge is 2.03. The van der Waals surface area contributed by atoms with Gasteiger partial charge in [-0.15, -0.1) is 5.10 Å². The fourth-order valence-electron chi connectivity index (χ4n) is 1.44. The summed E-state index contributed by atoms with van der Waals surface area (Å²) in [5, 5.41) is 10.9. The van der Waals surface area contributed by atoms with Gasteiger partial charge < -0.3 is 11.1 Å². The van der Waals surface area contributed by atoms with E-state index in [2.05, 4.69) is 36.5 Å². The number of halogens is 1. The Hall–Kier alpha value is -1.63. The number of aryl methyl sites for hydroxylation is 1. The number of hydrogen-bond donors (Lipinski definition) is 2. The lowest BCUT2D eigenvalue weighted by Crippen LogP contribution is -2.09. The minimum Gasteiger partial charge on any atom is -0.396 e. The molecule has 0 aliphatic heterocycles. The lowest BCUT2D eigenvalue weighted by molar-refractivity contribution is 0.570. The van der Waals surface area contributed by atoms with Gasteiger partial charge in [0.15, 0.2) is 0 Å². The molecule has 7 heteroatoms. The van der Waals surface area contributed by atoms with Crippen LogP contribution in [0.4, 0.5) is 11.4 Å². The molecule has 0 saturated heterocycles. The molecule has 0 bridgehead atoms. The van der Waals surface area contributed by atoms with E-state index in [1.807, 2.05) is 6.20 Å². The van der Waals surface area contributed by atoms with E-state index in [0.29, 0.717) is 5.69 Å². The number of nitrogens with one attached hydrogen (secondary N) is 1. The fraction of sp³-hybridized carbons (Fsp3) is 0.300. The van der Waals surface area contributed by atoms with Gasteiger partial charge in [-0.2, -0.15) is 0 Å². The van der Waals surface area contributed by atoms with Gasteiger partial charge in [0.05, 0.1) is 28.2 Å². The monoisotopic (exact) mass is 296 g/mol. The second-order valence-corrected chi connectivity index (χ2v) is 4.39. The lowest BCUT2D eigenvalue weighted by atomic mass is 10.3. The fourth-order valence-corrected chi connectivity index (χ4v) is 1.93. The van der Waals surface area contributed by atoms with Crippen LogP contribution in [0.3, 0.4) is 0 Å². The molecule has 17 heavy (non-hydrogen) atoms. The molecule has 90 valence electrons. The standard InChI is InChI=1S/C10H13BrN6/c11-8-6-13-7-9(12)10(8)14-2-1-4-17-5-3-15-16-17/h3,5-7H,1-2,4,12H2,(H,13,14). The Morgan fingerprint density at radius 1 is 1.41 bits per heavy atom. The highest BCUT2D eigenvalue weighted by atomic mass is 79.9. The number of pyridine rings is 1. The van der Waals surface area contributed by atoms with Crippen molar-refractivity contribution in [2.45, 2.75) is 13.0 Å². The minimum absolute atomic E-state index is 0.639. The van der Waals surface area contributed by atoms with Crippen molar-refractivity contribution in [1.82, 2.24) is 20.0 Å². The van der Waals surface area contributed by atoms with E-state index >= 15 is 0 Å². The molecule has 0 aromatic carbocycles.